The third-order valence-electron chi connectivity index (χ3n) is 5.89. The van der Waals surface area contributed by atoms with Gasteiger partial charge in [0, 0.05) is 38.5 Å². The van der Waals surface area contributed by atoms with Crippen LogP contribution in [0, 0.1) is 0 Å². The largest absolute Gasteiger partial charge is 0.394 e. The number of nitrogens with zero attached hydrogens (tertiary/aromatic N) is 6. The van der Waals surface area contributed by atoms with Crippen LogP contribution in [0.1, 0.15) is 23.9 Å². The number of hydrogen-bond donors (Lipinski definition) is 3. The minimum absolute atomic E-state index is 0.0899. The number of carbonyl (C=O) groups is 1. The molecule has 5 rings (SSSR count). The molecule has 11 heteroatoms. The van der Waals surface area contributed by atoms with Gasteiger partial charge >= 0.3 is 0 Å². The molecule has 0 bridgehead atoms. The fraction of sp³-hybridized carbons (Fsp3) is 0.250. The zero-order chi connectivity index (χ0) is 24.4. The normalized spacial score (nSPS) is 18.6. The van der Waals surface area contributed by atoms with Crippen LogP contribution in [0.4, 0.5) is 5.95 Å². The number of aromatic nitrogens is 5. The standard InChI is InChI=1S/C24H23N7O4/c1-31-12-9-24(34,22(31)33)21-13-19(30-35-21)17-7-4-6-16(27-17)18-8-11-26-23(28-18)29-20(14-32)15-5-2-3-10-25-15/h2-8,10-11,13,20,32,34H,9,12,14H2,1H3,(H,26,28,29)/t20-,24-/m1/s1. The van der Waals surface area contributed by atoms with Crippen LogP contribution in [0.3, 0.4) is 0 Å². The van der Waals surface area contributed by atoms with Gasteiger partial charge in [0.15, 0.2) is 5.76 Å². The van der Waals surface area contributed by atoms with Gasteiger partial charge in [-0.05, 0) is 30.3 Å². The van der Waals surface area contributed by atoms with Crippen LogP contribution in [-0.2, 0) is 10.4 Å². The SMILES string of the molecule is CN1CC[C@@](O)(c2cc(-c3cccc(-c4ccnc(N[C@H](CO)c5ccccn5)n4)n3)no2)C1=O. The molecule has 1 aliphatic heterocycles. The van der Waals surface area contributed by atoms with E-state index >= 15 is 0 Å². The summed E-state index contributed by atoms with van der Waals surface area (Å²) in [5.74, 6) is -0.0174. The highest BCUT2D eigenvalue weighted by Gasteiger charge is 2.48. The van der Waals surface area contributed by atoms with Crippen LogP contribution in [0.2, 0.25) is 0 Å². The molecule has 35 heavy (non-hydrogen) atoms. The predicted octanol–water partition coefficient (Wildman–Crippen LogP) is 1.78. The lowest BCUT2D eigenvalue weighted by atomic mass is 9.98. The molecule has 4 aromatic heterocycles. The highest BCUT2D eigenvalue weighted by Crippen LogP contribution is 2.34. The molecule has 0 aromatic carbocycles. The van der Waals surface area contributed by atoms with E-state index in [1.54, 1.807) is 49.8 Å². The molecule has 1 fully saturated rings. The van der Waals surface area contributed by atoms with E-state index in [1.165, 1.54) is 11.0 Å². The van der Waals surface area contributed by atoms with E-state index in [-0.39, 0.29) is 18.8 Å². The molecule has 1 saturated heterocycles. The predicted molar refractivity (Wildman–Crippen MR) is 125 cm³/mol. The number of anilines is 1. The molecule has 1 amide bonds. The molecule has 4 aromatic rings. The van der Waals surface area contributed by atoms with Crippen LogP contribution in [0.15, 0.2) is 65.4 Å². The number of nitrogens with one attached hydrogen (secondary N) is 1. The number of amides is 1. The summed E-state index contributed by atoms with van der Waals surface area (Å²) in [5, 5.41) is 27.7. The lowest BCUT2D eigenvalue weighted by Gasteiger charge is -2.16. The van der Waals surface area contributed by atoms with Gasteiger partial charge in [0.1, 0.15) is 5.69 Å². The minimum atomic E-state index is -1.72. The van der Waals surface area contributed by atoms with E-state index in [2.05, 4.69) is 30.4 Å². The van der Waals surface area contributed by atoms with Crippen molar-refractivity contribution >= 4 is 11.9 Å². The Kier molecular flexibility index (Phi) is 5.93. The van der Waals surface area contributed by atoms with Gasteiger partial charge in [-0.1, -0.05) is 17.3 Å². The highest BCUT2D eigenvalue weighted by molar-refractivity contribution is 5.87. The van der Waals surface area contributed by atoms with Gasteiger partial charge in [-0.25, -0.2) is 15.0 Å². The molecular formula is C24H23N7O4. The summed E-state index contributed by atoms with van der Waals surface area (Å²) < 4.78 is 5.33. The summed E-state index contributed by atoms with van der Waals surface area (Å²) in [6, 6.07) is 13.6. The van der Waals surface area contributed by atoms with E-state index in [4.69, 9.17) is 4.52 Å². The van der Waals surface area contributed by atoms with E-state index in [1.807, 2.05) is 12.1 Å². The monoisotopic (exact) mass is 473 g/mol. The van der Waals surface area contributed by atoms with E-state index in [9.17, 15) is 15.0 Å². The Balaban J connectivity index is 1.39. The van der Waals surface area contributed by atoms with Gasteiger partial charge in [-0.3, -0.25) is 9.78 Å². The second-order valence-electron chi connectivity index (χ2n) is 8.22. The Hall–Kier alpha value is -4.22. The van der Waals surface area contributed by atoms with Crippen LogP contribution < -0.4 is 5.32 Å². The van der Waals surface area contributed by atoms with Crippen LogP contribution in [0.25, 0.3) is 22.8 Å². The van der Waals surface area contributed by atoms with Crippen molar-refractivity contribution in [1.82, 2.24) is 30.0 Å². The summed E-state index contributed by atoms with van der Waals surface area (Å²) in [6.07, 6.45) is 3.48. The van der Waals surface area contributed by atoms with Gasteiger partial charge in [0.05, 0.1) is 35.4 Å². The maximum atomic E-state index is 12.4. The lowest BCUT2D eigenvalue weighted by Crippen LogP contribution is -2.35. The number of hydrogen-bond acceptors (Lipinski definition) is 10. The second kappa shape index (κ2) is 9.20. The van der Waals surface area contributed by atoms with Gasteiger partial charge in [-0.15, -0.1) is 0 Å². The third-order valence-corrected chi connectivity index (χ3v) is 5.89. The minimum Gasteiger partial charge on any atom is -0.394 e. The topological polar surface area (TPSA) is 150 Å². The van der Waals surface area contributed by atoms with Crippen molar-refractivity contribution in [2.45, 2.75) is 18.1 Å². The molecule has 2 atom stereocenters. The summed E-state index contributed by atoms with van der Waals surface area (Å²) in [7, 11) is 1.63. The molecule has 0 unspecified atom stereocenters. The average Bonchev–Trinajstić information content (AvgIpc) is 3.50. The molecule has 3 N–H and O–H groups in total. The quantitative estimate of drug-likeness (QED) is 0.362. The van der Waals surface area contributed by atoms with Crippen molar-refractivity contribution < 1.29 is 19.5 Å². The van der Waals surface area contributed by atoms with E-state index in [0.717, 1.165) is 0 Å². The van der Waals surface area contributed by atoms with Crippen molar-refractivity contribution in [3.05, 3.63) is 72.4 Å². The fourth-order valence-electron chi connectivity index (χ4n) is 3.92. The Morgan fingerprint density at radius 1 is 1.06 bits per heavy atom. The van der Waals surface area contributed by atoms with Gasteiger partial charge in [0.2, 0.25) is 11.5 Å². The number of aliphatic hydroxyl groups excluding tert-OH is 1. The zero-order valence-electron chi connectivity index (χ0n) is 18.9. The molecule has 1 aliphatic rings. The van der Waals surface area contributed by atoms with Gasteiger partial charge in [-0.2, -0.15) is 0 Å². The first-order chi connectivity index (χ1) is 17.0. The maximum Gasteiger partial charge on any atom is 0.262 e. The molecular weight excluding hydrogens is 450 g/mol. The lowest BCUT2D eigenvalue weighted by molar-refractivity contribution is -0.144. The van der Waals surface area contributed by atoms with Crippen LogP contribution in [-0.4, -0.2) is 66.3 Å². The van der Waals surface area contributed by atoms with Gasteiger partial charge < -0.3 is 25.0 Å². The summed E-state index contributed by atoms with van der Waals surface area (Å²) in [5.41, 5.74) is 0.944. The van der Waals surface area contributed by atoms with E-state index in [0.29, 0.717) is 41.0 Å². The first kappa shape index (κ1) is 22.6. The second-order valence-corrected chi connectivity index (χ2v) is 8.22. The number of carbonyl (C=O) groups excluding carboxylic acids is 1. The maximum absolute atomic E-state index is 12.4. The van der Waals surface area contributed by atoms with Crippen molar-refractivity contribution in [2.75, 3.05) is 25.5 Å². The van der Waals surface area contributed by atoms with Crippen molar-refractivity contribution in [2.24, 2.45) is 0 Å². The zero-order valence-corrected chi connectivity index (χ0v) is 18.9. The number of likely N-dealkylation sites (N-methyl/N-ethyl adjacent to an activating group) is 1. The molecule has 0 aliphatic carbocycles. The summed E-state index contributed by atoms with van der Waals surface area (Å²) in [6.45, 7) is 0.248. The van der Waals surface area contributed by atoms with Crippen molar-refractivity contribution in [3.8, 4) is 22.8 Å². The summed E-state index contributed by atoms with van der Waals surface area (Å²) in [4.78, 5) is 31.5. The molecule has 0 saturated carbocycles. The number of aliphatic hydroxyl groups is 2. The molecule has 0 spiro atoms. The average molecular weight is 473 g/mol. The van der Waals surface area contributed by atoms with Crippen LogP contribution >= 0.6 is 0 Å². The molecule has 5 heterocycles. The Morgan fingerprint density at radius 3 is 2.57 bits per heavy atom. The fourth-order valence-corrected chi connectivity index (χ4v) is 3.92. The Labute approximate surface area is 200 Å². The molecule has 0 radical (unpaired) electrons. The highest BCUT2D eigenvalue weighted by atomic mass is 16.5. The van der Waals surface area contributed by atoms with Crippen LogP contribution in [0.5, 0.6) is 0 Å². The number of rotatable bonds is 7. The molecule has 11 nitrogen and oxygen atoms in total. The number of likely N-dealkylation sites (tertiary alicyclic amines) is 1. The summed E-state index contributed by atoms with van der Waals surface area (Å²) >= 11 is 0. The van der Waals surface area contributed by atoms with Crippen molar-refractivity contribution in [1.29, 1.82) is 0 Å². The van der Waals surface area contributed by atoms with E-state index < -0.39 is 17.6 Å². The Morgan fingerprint density at radius 2 is 1.86 bits per heavy atom. The first-order valence-electron chi connectivity index (χ1n) is 11.0. The third kappa shape index (κ3) is 4.34. The van der Waals surface area contributed by atoms with Crippen molar-refractivity contribution in [3.63, 3.8) is 0 Å². The number of pyridine rings is 2. The Bertz CT molecular complexity index is 1350. The first-order valence-corrected chi connectivity index (χ1v) is 11.0. The smallest absolute Gasteiger partial charge is 0.262 e. The molecule has 178 valence electrons. The van der Waals surface area contributed by atoms with Gasteiger partial charge in [0.25, 0.3) is 5.91 Å².